The van der Waals surface area contributed by atoms with Crippen LogP contribution in [0.1, 0.15) is 24.5 Å². The number of hydrogen-bond acceptors (Lipinski definition) is 3. The number of nitrogens with one attached hydrogen (secondary N) is 2. The summed E-state index contributed by atoms with van der Waals surface area (Å²) in [4.78, 5) is 16.1. The molecule has 1 aliphatic rings. The predicted octanol–water partition coefficient (Wildman–Crippen LogP) is 2.54. The Hall–Kier alpha value is -3.13. The zero-order chi connectivity index (χ0) is 17.2. The van der Waals surface area contributed by atoms with Gasteiger partial charge in [0.05, 0.1) is 23.6 Å². The molecule has 5 heteroatoms. The van der Waals surface area contributed by atoms with Crippen LogP contribution in [0.5, 0.6) is 0 Å². The monoisotopic (exact) mass is 318 g/mol. The van der Waals surface area contributed by atoms with E-state index in [0.717, 1.165) is 16.7 Å². The lowest BCUT2D eigenvalue weighted by atomic mass is 9.85. The van der Waals surface area contributed by atoms with Crippen LogP contribution in [0, 0.1) is 11.3 Å². The number of benzene rings is 2. The highest BCUT2D eigenvalue weighted by atomic mass is 16.2. The molecule has 2 aromatic rings. The average molecular weight is 318 g/mol. The summed E-state index contributed by atoms with van der Waals surface area (Å²) in [5, 5.41) is 15.1. The second-order valence-electron chi connectivity index (χ2n) is 6.03. The zero-order valence-corrected chi connectivity index (χ0v) is 13.6. The highest BCUT2D eigenvalue weighted by Gasteiger charge is 2.35. The Morgan fingerprint density at radius 1 is 1.17 bits per heavy atom. The molecule has 2 N–H and O–H groups in total. The van der Waals surface area contributed by atoms with E-state index in [4.69, 9.17) is 5.26 Å². The maximum Gasteiger partial charge on any atom is 0.229 e. The van der Waals surface area contributed by atoms with Gasteiger partial charge in [-0.05, 0) is 41.8 Å². The summed E-state index contributed by atoms with van der Waals surface area (Å²) in [7, 11) is 1.64. The molecular weight excluding hydrogens is 300 g/mol. The third kappa shape index (κ3) is 2.99. The first-order valence-corrected chi connectivity index (χ1v) is 7.70. The first-order valence-electron chi connectivity index (χ1n) is 7.70. The van der Waals surface area contributed by atoms with Crippen LogP contribution in [0.3, 0.4) is 0 Å². The zero-order valence-electron chi connectivity index (χ0n) is 13.6. The van der Waals surface area contributed by atoms with Crippen molar-refractivity contribution in [1.29, 1.82) is 5.26 Å². The van der Waals surface area contributed by atoms with Gasteiger partial charge in [0.25, 0.3) is 0 Å². The smallest absolute Gasteiger partial charge is 0.229 e. The van der Waals surface area contributed by atoms with Crippen LogP contribution in [0.4, 0.5) is 0 Å². The maximum absolute atomic E-state index is 12.0. The first kappa shape index (κ1) is 15.8. The molecule has 0 aromatic heterocycles. The molecule has 0 aliphatic carbocycles. The lowest BCUT2D eigenvalue weighted by Gasteiger charge is -2.36. The molecule has 2 aromatic carbocycles. The van der Waals surface area contributed by atoms with Crippen LogP contribution in [0.25, 0.3) is 11.1 Å². The lowest BCUT2D eigenvalue weighted by molar-refractivity contribution is -0.121. The average Bonchev–Trinajstić information content (AvgIpc) is 2.61. The van der Waals surface area contributed by atoms with Gasteiger partial charge in [-0.1, -0.05) is 30.3 Å². The molecular formula is C19H18N4O. The molecule has 1 saturated heterocycles. The molecule has 1 atom stereocenters. The molecule has 0 bridgehead atoms. The summed E-state index contributed by atoms with van der Waals surface area (Å²) >= 11 is 0. The van der Waals surface area contributed by atoms with Crippen LogP contribution in [0.15, 0.2) is 53.5 Å². The van der Waals surface area contributed by atoms with E-state index in [1.54, 1.807) is 13.1 Å². The van der Waals surface area contributed by atoms with Gasteiger partial charge in [-0.3, -0.25) is 15.1 Å². The third-order valence-electron chi connectivity index (χ3n) is 4.21. The van der Waals surface area contributed by atoms with Crippen molar-refractivity contribution in [1.82, 2.24) is 10.6 Å². The van der Waals surface area contributed by atoms with Crippen LogP contribution in [-0.2, 0) is 10.3 Å². The van der Waals surface area contributed by atoms with Crippen molar-refractivity contribution in [3.8, 4) is 17.2 Å². The molecule has 120 valence electrons. The molecule has 0 radical (unpaired) electrons. The number of rotatable bonds is 2. The van der Waals surface area contributed by atoms with Crippen molar-refractivity contribution in [3.63, 3.8) is 0 Å². The molecule has 0 saturated carbocycles. The van der Waals surface area contributed by atoms with Gasteiger partial charge < -0.3 is 5.32 Å². The summed E-state index contributed by atoms with van der Waals surface area (Å²) < 4.78 is 0. The molecule has 1 aliphatic heterocycles. The summed E-state index contributed by atoms with van der Waals surface area (Å²) in [6.07, 6.45) is 0.327. The second kappa shape index (κ2) is 6.17. The number of aliphatic imine (C=N–C) groups is 1. The Bertz CT molecular complexity index is 866. The fourth-order valence-electron chi connectivity index (χ4n) is 2.93. The van der Waals surface area contributed by atoms with Gasteiger partial charge in [-0.2, -0.15) is 5.26 Å². The van der Waals surface area contributed by atoms with Gasteiger partial charge in [0.15, 0.2) is 5.96 Å². The van der Waals surface area contributed by atoms with Crippen LogP contribution in [0.2, 0.25) is 0 Å². The van der Waals surface area contributed by atoms with Gasteiger partial charge in [-0.15, -0.1) is 0 Å². The predicted molar refractivity (Wildman–Crippen MR) is 93.2 cm³/mol. The van der Waals surface area contributed by atoms with E-state index in [0.29, 0.717) is 17.9 Å². The van der Waals surface area contributed by atoms with Gasteiger partial charge in [0.1, 0.15) is 0 Å². The molecule has 0 spiro atoms. The van der Waals surface area contributed by atoms with E-state index in [2.05, 4.69) is 27.8 Å². The van der Waals surface area contributed by atoms with Crippen molar-refractivity contribution >= 4 is 11.9 Å². The SMILES string of the molecule is C/N=C1/NC(=O)C[C@@](C)(c2cccc(-c3cccc(C#N)c3)c2)N1. The largest absolute Gasteiger partial charge is 0.346 e. The van der Waals surface area contributed by atoms with Gasteiger partial charge in [-0.25, -0.2) is 0 Å². The fourth-order valence-corrected chi connectivity index (χ4v) is 2.93. The van der Waals surface area contributed by atoms with Crippen LogP contribution in [-0.4, -0.2) is 18.9 Å². The fraction of sp³-hybridized carbons (Fsp3) is 0.211. The topological polar surface area (TPSA) is 77.3 Å². The van der Waals surface area contributed by atoms with Crippen molar-refractivity contribution in [2.24, 2.45) is 4.99 Å². The van der Waals surface area contributed by atoms with Gasteiger partial charge >= 0.3 is 0 Å². The standard InChI is InChI=1S/C19H18N4O/c1-19(11-17(24)22-18(21-2)23-19)16-8-4-7-15(10-16)14-6-3-5-13(9-14)12-20/h3-10H,11H2,1-2H3,(H2,21,22,23,24)/t19-/m0/s1. The van der Waals surface area contributed by atoms with E-state index >= 15 is 0 Å². The molecule has 1 heterocycles. The number of nitriles is 1. The molecule has 1 amide bonds. The van der Waals surface area contributed by atoms with Gasteiger partial charge in [0, 0.05) is 7.05 Å². The van der Waals surface area contributed by atoms with Crippen molar-refractivity contribution in [3.05, 3.63) is 59.7 Å². The molecule has 0 unspecified atom stereocenters. The number of guanidine groups is 1. The Kier molecular flexibility index (Phi) is 4.05. The highest BCUT2D eigenvalue weighted by Crippen LogP contribution is 2.30. The van der Waals surface area contributed by atoms with E-state index in [1.165, 1.54) is 0 Å². The van der Waals surface area contributed by atoms with E-state index in [-0.39, 0.29) is 5.91 Å². The van der Waals surface area contributed by atoms with E-state index in [1.807, 2.05) is 43.3 Å². The number of nitrogens with zero attached hydrogens (tertiary/aromatic N) is 2. The maximum atomic E-state index is 12.0. The molecule has 3 rings (SSSR count). The van der Waals surface area contributed by atoms with Crippen LogP contribution >= 0.6 is 0 Å². The summed E-state index contributed by atoms with van der Waals surface area (Å²) in [5.41, 5.74) is 3.08. The van der Waals surface area contributed by atoms with E-state index in [9.17, 15) is 4.79 Å². The van der Waals surface area contributed by atoms with Crippen LogP contribution < -0.4 is 10.6 Å². The number of carbonyl (C=O) groups is 1. The summed E-state index contributed by atoms with van der Waals surface area (Å²) in [6, 6.07) is 17.7. The van der Waals surface area contributed by atoms with Crippen molar-refractivity contribution in [2.75, 3.05) is 7.05 Å². The van der Waals surface area contributed by atoms with Crippen molar-refractivity contribution < 1.29 is 4.79 Å². The minimum absolute atomic E-state index is 0.0614. The number of amides is 1. The minimum Gasteiger partial charge on any atom is -0.346 e. The minimum atomic E-state index is -0.528. The summed E-state index contributed by atoms with van der Waals surface area (Å²) in [6.45, 7) is 1.99. The van der Waals surface area contributed by atoms with Gasteiger partial charge in [0.2, 0.25) is 5.91 Å². The highest BCUT2D eigenvalue weighted by molar-refractivity contribution is 6.00. The number of carbonyl (C=O) groups excluding carboxylic acids is 1. The first-order chi connectivity index (χ1) is 11.5. The Balaban J connectivity index is 2.01. The number of hydrogen-bond donors (Lipinski definition) is 2. The van der Waals surface area contributed by atoms with E-state index < -0.39 is 5.54 Å². The lowest BCUT2D eigenvalue weighted by Crippen LogP contribution is -2.58. The Morgan fingerprint density at radius 2 is 1.88 bits per heavy atom. The second-order valence-corrected chi connectivity index (χ2v) is 6.03. The van der Waals surface area contributed by atoms with Crippen molar-refractivity contribution in [2.45, 2.75) is 18.9 Å². The Labute approximate surface area is 141 Å². The molecule has 5 nitrogen and oxygen atoms in total. The molecule has 24 heavy (non-hydrogen) atoms. The Morgan fingerprint density at radius 3 is 2.58 bits per heavy atom. The summed E-state index contributed by atoms with van der Waals surface area (Å²) in [5.74, 6) is 0.416. The molecule has 1 fully saturated rings. The normalized spacial score (nSPS) is 21.7. The quantitative estimate of drug-likeness (QED) is 0.893. The third-order valence-corrected chi connectivity index (χ3v) is 4.21.